The van der Waals surface area contributed by atoms with Gasteiger partial charge in [-0.2, -0.15) is 0 Å². The summed E-state index contributed by atoms with van der Waals surface area (Å²) in [4.78, 5) is 15.5. The van der Waals surface area contributed by atoms with E-state index in [0.717, 1.165) is 18.5 Å². The van der Waals surface area contributed by atoms with E-state index in [-0.39, 0.29) is 24.7 Å². The van der Waals surface area contributed by atoms with Crippen molar-refractivity contribution in [1.82, 2.24) is 9.55 Å². The van der Waals surface area contributed by atoms with Gasteiger partial charge in [0, 0.05) is 12.6 Å². The fourth-order valence-electron chi connectivity index (χ4n) is 2.24. The van der Waals surface area contributed by atoms with Gasteiger partial charge < -0.3 is 13.8 Å². The molecule has 1 aliphatic heterocycles. The van der Waals surface area contributed by atoms with Crippen molar-refractivity contribution in [3.63, 3.8) is 0 Å². The van der Waals surface area contributed by atoms with Gasteiger partial charge >= 0.3 is 0 Å². The molecule has 3 atom stereocenters. The van der Waals surface area contributed by atoms with E-state index in [9.17, 15) is 9.36 Å². The quantitative estimate of drug-likeness (QED) is 0.514. The average molecular weight is 304 g/mol. The van der Waals surface area contributed by atoms with Crippen LogP contribution in [0.25, 0.3) is 0 Å². The molecule has 1 fully saturated rings. The number of nitrogens with zero attached hydrogens (tertiary/aromatic N) is 2. The maximum Gasteiger partial charge on any atom is 0.243 e. The summed E-state index contributed by atoms with van der Waals surface area (Å²) in [5.74, 6) is -0.0530. The van der Waals surface area contributed by atoms with Crippen LogP contribution in [-0.4, -0.2) is 28.0 Å². The SMILES string of the molecule is CC(=O)c1ncn([C@H]2CCC(CO[PH](=O)S)O2)c1C. The molecule has 0 aromatic carbocycles. The number of carbonyl (C=O) groups excluding carboxylic acids is 1. The third kappa shape index (κ3) is 3.48. The van der Waals surface area contributed by atoms with Crippen LogP contribution in [0.2, 0.25) is 0 Å². The van der Waals surface area contributed by atoms with Gasteiger partial charge in [0.1, 0.15) is 11.9 Å². The van der Waals surface area contributed by atoms with Crippen LogP contribution >= 0.6 is 19.5 Å². The number of ether oxygens (including phenoxy) is 1. The van der Waals surface area contributed by atoms with Gasteiger partial charge in [-0.25, -0.2) is 4.98 Å². The summed E-state index contributed by atoms with van der Waals surface area (Å²) in [6.45, 7) is 3.63. The first-order valence-corrected chi connectivity index (χ1v) is 8.65. The molecule has 2 rings (SSSR count). The minimum absolute atomic E-state index is 0.0530. The molecule has 0 radical (unpaired) electrons. The number of aromatic nitrogens is 2. The molecule has 106 valence electrons. The summed E-state index contributed by atoms with van der Waals surface area (Å²) in [6, 6.07) is 0. The molecule has 2 unspecified atom stereocenters. The second kappa shape index (κ2) is 6.22. The lowest BCUT2D eigenvalue weighted by Gasteiger charge is -2.16. The summed E-state index contributed by atoms with van der Waals surface area (Å²) < 4.78 is 23.5. The fraction of sp³-hybridized carbons (Fsp3) is 0.636. The second-order valence-electron chi connectivity index (χ2n) is 4.51. The monoisotopic (exact) mass is 304 g/mol. The van der Waals surface area contributed by atoms with Crippen LogP contribution < -0.4 is 0 Å². The molecule has 2 heterocycles. The van der Waals surface area contributed by atoms with Gasteiger partial charge in [-0.15, -0.1) is 0 Å². The zero-order valence-electron chi connectivity index (χ0n) is 10.8. The molecular formula is C11H17N2O4PS. The molecule has 1 aliphatic rings. The van der Waals surface area contributed by atoms with E-state index in [0.29, 0.717) is 5.69 Å². The van der Waals surface area contributed by atoms with E-state index >= 15 is 0 Å². The van der Waals surface area contributed by atoms with E-state index in [1.807, 2.05) is 11.5 Å². The lowest BCUT2D eigenvalue weighted by Crippen LogP contribution is -2.15. The van der Waals surface area contributed by atoms with Crippen molar-refractivity contribution in [2.24, 2.45) is 0 Å². The Hall–Kier alpha value is -0.620. The van der Waals surface area contributed by atoms with Gasteiger partial charge in [0.2, 0.25) is 7.23 Å². The van der Waals surface area contributed by atoms with Crippen molar-refractivity contribution in [2.45, 2.75) is 39.0 Å². The molecule has 6 nitrogen and oxygen atoms in total. The highest BCUT2D eigenvalue weighted by molar-refractivity contribution is 8.39. The highest BCUT2D eigenvalue weighted by Gasteiger charge is 2.28. The van der Waals surface area contributed by atoms with Gasteiger partial charge in [0.25, 0.3) is 0 Å². The first-order valence-electron chi connectivity index (χ1n) is 6.04. The Balaban J connectivity index is 2.01. The third-order valence-corrected chi connectivity index (χ3v) is 3.96. The minimum Gasteiger partial charge on any atom is -0.352 e. The van der Waals surface area contributed by atoms with E-state index < -0.39 is 7.23 Å². The molecule has 0 bridgehead atoms. The minimum atomic E-state index is -2.22. The molecule has 1 aromatic rings. The van der Waals surface area contributed by atoms with Crippen LogP contribution in [0.5, 0.6) is 0 Å². The van der Waals surface area contributed by atoms with Gasteiger partial charge in [-0.3, -0.25) is 9.36 Å². The Kier molecular flexibility index (Phi) is 4.84. The molecule has 0 aliphatic carbocycles. The van der Waals surface area contributed by atoms with Crippen molar-refractivity contribution in [3.05, 3.63) is 17.7 Å². The molecule has 0 spiro atoms. The zero-order chi connectivity index (χ0) is 14.0. The molecule has 8 heteroatoms. The standard InChI is InChI=1S/C11H17N2O4PS/c1-7-11(8(2)14)12-6-13(7)10-4-3-9(17-10)5-16-18(15)19/h6,9-10,18H,3-5H2,1-2H3,(H,15,19)/t9?,10-/m1/s1. The van der Waals surface area contributed by atoms with Crippen molar-refractivity contribution in [1.29, 1.82) is 0 Å². The summed E-state index contributed by atoms with van der Waals surface area (Å²) in [5, 5.41) is 0. The highest BCUT2D eigenvalue weighted by Crippen LogP contribution is 2.33. The molecule has 0 N–H and O–H groups in total. The Morgan fingerprint density at radius 1 is 1.68 bits per heavy atom. The maximum absolute atomic E-state index is 11.4. The predicted octanol–water partition coefficient (Wildman–Crippen LogP) is 2.41. The zero-order valence-corrected chi connectivity index (χ0v) is 12.7. The number of rotatable bonds is 5. The van der Waals surface area contributed by atoms with Crippen molar-refractivity contribution >= 4 is 25.3 Å². The van der Waals surface area contributed by atoms with E-state index in [2.05, 4.69) is 17.2 Å². The van der Waals surface area contributed by atoms with Crippen LogP contribution in [0.3, 0.4) is 0 Å². The number of carbonyl (C=O) groups is 1. The number of ketones is 1. The van der Waals surface area contributed by atoms with Gasteiger partial charge in [-0.05, 0) is 19.8 Å². The molecular weight excluding hydrogens is 287 g/mol. The molecule has 19 heavy (non-hydrogen) atoms. The lowest BCUT2D eigenvalue weighted by atomic mass is 10.2. The molecule has 0 saturated carbocycles. The van der Waals surface area contributed by atoms with E-state index in [4.69, 9.17) is 9.26 Å². The predicted molar refractivity (Wildman–Crippen MR) is 74.1 cm³/mol. The van der Waals surface area contributed by atoms with E-state index in [1.165, 1.54) is 6.92 Å². The number of thiol groups is 1. The first kappa shape index (κ1) is 14.8. The third-order valence-electron chi connectivity index (χ3n) is 3.16. The highest BCUT2D eigenvalue weighted by atomic mass is 32.7. The van der Waals surface area contributed by atoms with Crippen molar-refractivity contribution < 1.29 is 18.6 Å². The number of hydrogen-bond acceptors (Lipinski definition) is 5. The summed E-state index contributed by atoms with van der Waals surface area (Å²) in [6.07, 6.45) is 3.03. The van der Waals surface area contributed by atoms with Crippen LogP contribution in [0.15, 0.2) is 6.33 Å². The average Bonchev–Trinajstić information content (AvgIpc) is 2.92. The summed E-state index contributed by atoms with van der Waals surface area (Å²) in [7, 11) is -2.22. The Morgan fingerprint density at radius 3 is 3.00 bits per heavy atom. The Morgan fingerprint density at radius 2 is 2.42 bits per heavy atom. The lowest BCUT2D eigenvalue weighted by molar-refractivity contribution is -0.0168. The number of hydrogen-bond donors (Lipinski definition) is 1. The van der Waals surface area contributed by atoms with E-state index in [1.54, 1.807) is 6.33 Å². The largest absolute Gasteiger partial charge is 0.352 e. The van der Waals surface area contributed by atoms with Crippen LogP contribution in [0, 0.1) is 6.92 Å². The first-order chi connectivity index (χ1) is 8.99. The summed E-state index contributed by atoms with van der Waals surface area (Å²) in [5.41, 5.74) is 1.28. The maximum atomic E-state index is 11.4. The topological polar surface area (TPSA) is 70.4 Å². The normalized spacial score (nSPS) is 24.6. The molecule has 0 amide bonds. The van der Waals surface area contributed by atoms with Crippen molar-refractivity contribution in [2.75, 3.05) is 6.61 Å². The van der Waals surface area contributed by atoms with Crippen LogP contribution in [0.4, 0.5) is 0 Å². The molecule has 1 aromatic heterocycles. The van der Waals surface area contributed by atoms with Gasteiger partial charge in [0.05, 0.1) is 19.0 Å². The summed E-state index contributed by atoms with van der Waals surface area (Å²) >= 11 is 3.72. The molecule has 1 saturated heterocycles. The van der Waals surface area contributed by atoms with Gasteiger partial charge in [-0.1, -0.05) is 12.2 Å². The fourth-order valence-corrected chi connectivity index (χ4v) is 2.79. The Labute approximate surface area is 117 Å². The number of Topliss-reactive ketones (excluding diaryl/α,β-unsaturated/α-hetero) is 1. The van der Waals surface area contributed by atoms with Gasteiger partial charge in [0.15, 0.2) is 5.78 Å². The van der Waals surface area contributed by atoms with Crippen LogP contribution in [0.1, 0.15) is 42.2 Å². The second-order valence-corrected chi connectivity index (χ2v) is 6.42. The Bertz CT molecular complexity index is 505. The smallest absolute Gasteiger partial charge is 0.243 e. The van der Waals surface area contributed by atoms with Crippen LogP contribution in [-0.2, 0) is 13.8 Å². The van der Waals surface area contributed by atoms with Crippen molar-refractivity contribution in [3.8, 4) is 0 Å². The number of imidazole rings is 1.